The molecule has 31 heavy (non-hydrogen) atoms. The third kappa shape index (κ3) is 7.75. The molecule has 0 aliphatic rings. The van der Waals surface area contributed by atoms with Crippen molar-refractivity contribution in [2.75, 3.05) is 7.05 Å². The molecule has 2 N–H and O–H groups in total. The molecule has 1 heterocycles. The molecule has 0 saturated heterocycles. The highest BCUT2D eigenvalue weighted by Crippen LogP contribution is 2.25. The first-order valence-corrected chi connectivity index (χ1v) is 9.87. The van der Waals surface area contributed by atoms with Crippen LogP contribution in [0.3, 0.4) is 0 Å². The lowest BCUT2D eigenvalue weighted by Gasteiger charge is -2.27. The number of aryl methyl sites for hydroxylation is 2. The molecule has 8 nitrogen and oxygen atoms in total. The Labute approximate surface area is 184 Å². The van der Waals surface area contributed by atoms with E-state index in [-0.39, 0.29) is 12.4 Å². The average Bonchev–Trinajstić information content (AvgIpc) is 2.65. The number of amides is 1. The number of hydrazine groups is 1. The molecule has 2 aromatic rings. The Bertz CT molecular complexity index is 964. The highest BCUT2D eigenvalue weighted by atomic mass is 16.6. The zero-order valence-electron chi connectivity index (χ0n) is 19.0. The number of ether oxygens (including phenoxy) is 2. The molecule has 0 aliphatic carbocycles. The molecular weight excluding hydrogens is 394 g/mol. The van der Waals surface area contributed by atoms with E-state index in [0.717, 1.165) is 16.8 Å². The summed E-state index contributed by atoms with van der Waals surface area (Å²) in [6.07, 6.45) is 0.815. The summed E-state index contributed by atoms with van der Waals surface area (Å²) in [4.78, 5) is 22.7. The van der Waals surface area contributed by atoms with E-state index in [2.05, 4.69) is 16.6 Å². The molecule has 1 aromatic heterocycles. The average molecular weight is 426 g/mol. The summed E-state index contributed by atoms with van der Waals surface area (Å²) >= 11 is 0. The third-order valence-corrected chi connectivity index (χ3v) is 4.05. The van der Waals surface area contributed by atoms with E-state index in [1.54, 1.807) is 33.9 Å². The van der Waals surface area contributed by atoms with Gasteiger partial charge < -0.3 is 14.5 Å². The van der Waals surface area contributed by atoms with Crippen LogP contribution in [0.25, 0.3) is 0 Å². The second-order valence-corrected chi connectivity index (χ2v) is 8.20. The molecule has 2 rings (SSSR count). The molecule has 0 unspecified atom stereocenters. The number of aliphatic imine (C=N–C) groups is 1. The lowest BCUT2D eigenvalue weighted by atomic mass is 10.1. The molecule has 0 fully saturated rings. The van der Waals surface area contributed by atoms with Gasteiger partial charge in [-0.1, -0.05) is 18.7 Å². The predicted molar refractivity (Wildman–Crippen MR) is 122 cm³/mol. The van der Waals surface area contributed by atoms with Gasteiger partial charge in [-0.2, -0.15) is 0 Å². The van der Waals surface area contributed by atoms with Gasteiger partial charge in [0.15, 0.2) is 0 Å². The fraction of sp³-hybridized carbons (Fsp3) is 0.348. The van der Waals surface area contributed by atoms with Crippen LogP contribution in [-0.4, -0.2) is 40.0 Å². The Morgan fingerprint density at radius 2 is 1.97 bits per heavy atom. The number of carbonyl (C=O) groups excluding carboxylic acids is 1. The summed E-state index contributed by atoms with van der Waals surface area (Å²) in [6.45, 7) is 13.4. The number of carbonyl (C=O) groups is 1. The van der Waals surface area contributed by atoms with Gasteiger partial charge in [0, 0.05) is 18.8 Å². The standard InChI is InChI=1S/C23H31N5O3/c1-16-11-12-20(30-21-10-8-9-17(2)26-21)13-19(16)14-28(18(3)25-15-27(7)24)22(29)31-23(4,5)6/h8-13,15H,3,14,24H2,1-2,4-7H3. The van der Waals surface area contributed by atoms with Gasteiger partial charge in [-0.15, -0.1) is 0 Å². The Kier molecular flexibility index (Phi) is 7.77. The zero-order chi connectivity index (χ0) is 23.2. The molecule has 8 heteroatoms. The molecule has 0 atom stereocenters. The van der Waals surface area contributed by atoms with Gasteiger partial charge >= 0.3 is 6.09 Å². The van der Waals surface area contributed by atoms with Gasteiger partial charge in [-0.05, 0) is 63.9 Å². The Hall–Kier alpha value is -3.39. The normalized spacial score (nSPS) is 11.3. The number of nitrogens with zero attached hydrogens (tertiary/aromatic N) is 4. The summed E-state index contributed by atoms with van der Waals surface area (Å²) in [7, 11) is 1.62. The summed E-state index contributed by atoms with van der Waals surface area (Å²) in [5.74, 6) is 6.90. The first-order valence-electron chi connectivity index (χ1n) is 9.87. The maximum absolute atomic E-state index is 12.9. The van der Waals surface area contributed by atoms with Crippen LogP contribution in [0.1, 0.15) is 37.6 Å². The molecule has 166 valence electrons. The van der Waals surface area contributed by atoms with Gasteiger partial charge in [0.25, 0.3) is 0 Å². The second kappa shape index (κ2) is 10.1. The van der Waals surface area contributed by atoms with Crippen LogP contribution in [0.5, 0.6) is 11.6 Å². The van der Waals surface area contributed by atoms with Crippen molar-refractivity contribution >= 4 is 12.4 Å². The van der Waals surface area contributed by atoms with Crippen molar-refractivity contribution in [2.24, 2.45) is 10.8 Å². The van der Waals surface area contributed by atoms with E-state index in [9.17, 15) is 4.79 Å². The lowest BCUT2D eigenvalue weighted by molar-refractivity contribution is 0.0299. The molecular formula is C23H31N5O3. The van der Waals surface area contributed by atoms with Crippen LogP contribution in [-0.2, 0) is 11.3 Å². The number of nitrogens with two attached hydrogens (primary N) is 1. The summed E-state index contributed by atoms with van der Waals surface area (Å²) in [5.41, 5.74) is 2.03. The van der Waals surface area contributed by atoms with Crippen molar-refractivity contribution in [2.45, 2.75) is 46.8 Å². The van der Waals surface area contributed by atoms with Crippen LogP contribution in [0.2, 0.25) is 0 Å². The number of aromatic nitrogens is 1. The zero-order valence-corrected chi connectivity index (χ0v) is 19.0. The summed E-state index contributed by atoms with van der Waals surface area (Å²) in [6, 6.07) is 11.2. The van der Waals surface area contributed by atoms with Crippen LogP contribution in [0.15, 0.2) is 53.8 Å². The molecule has 0 radical (unpaired) electrons. The summed E-state index contributed by atoms with van der Waals surface area (Å²) < 4.78 is 11.4. The summed E-state index contributed by atoms with van der Waals surface area (Å²) in [5, 5.41) is 1.27. The SMILES string of the molecule is C=C(N=CN(C)N)N(Cc1cc(Oc2cccc(C)n2)ccc1C)C(=O)OC(C)(C)C. The van der Waals surface area contributed by atoms with E-state index in [4.69, 9.17) is 15.3 Å². The van der Waals surface area contributed by atoms with E-state index in [1.165, 1.54) is 16.2 Å². The molecule has 1 amide bonds. The van der Waals surface area contributed by atoms with E-state index < -0.39 is 11.7 Å². The molecule has 0 aliphatic heterocycles. The van der Waals surface area contributed by atoms with Crippen molar-refractivity contribution in [1.29, 1.82) is 0 Å². The van der Waals surface area contributed by atoms with Crippen molar-refractivity contribution in [1.82, 2.24) is 14.9 Å². The van der Waals surface area contributed by atoms with Gasteiger partial charge in [-0.25, -0.2) is 20.6 Å². The van der Waals surface area contributed by atoms with Crippen molar-refractivity contribution in [3.63, 3.8) is 0 Å². The fourth-order valence-corrected chi connectivity index (χ4v) is 2.55. The van der Waals surface area contributed by atoms with E-state index in [1.807, 2.05) is 44.2 Å². The highest BCUT2D eigenvalue weighted by Gasteiger charge is 2.25. The minimum atomic E-state index is -0.666. The number of pyridine rings is 1. The quantitative estimate of drug-likeness (QED) is 0.303. The maximum Gasteiger partial charge on any atom is 0.416 e. The first kappa shape index (κ1) is 23.9. The number of hydrogen-bond acceptors (Lipinski definition) is 6. The smallest absolute Gasteiger partial charge is 0.416 e. The topological polar surface area (TPSA) is 93.3 Å². The van der Waals surface area contributed by atoms with Crippen molar-refractivity contribution in [3.05, 3.63) is 65.6 Å². The number of benzene rings is 1. The molecule has 0 saturated carbocycles. The minimum Gasteiger partial charge on any atom is -0.443 e. The molecule has 1 aromatic carbocycles. The van der Waals surface area contributed by atoms with Crippen LogP contribution < -0.4 is 10.6 Å². The Morgan fingerprint density at radius 3 is 2.58 bits per heavy atom. The van der Waals surface area contributed by atoms with E-state index in [0.29, 0.717) is 11.6 Å². The van der Waals surface area contributed by atoms with Crippen molar-refractivity contribution < 1.29 is 14.3 Å². The van der Waals surface area contributed by atoms with Crippen LogP contribution >= 0.6 is 0 Å². The highest BCUT2D eigenvalue weighted by molar-refractivity contribution is 5.71. The number of rotatable bonds is 7. The number of hydrogen-bond donors (Lipinski definition) is 1. The van der Waals surface area contributed by atoms with Gasteiger partial charge in [0.05, 0.1) is 6.54 Å². The minimum absolute atomic E-state index is 0.198. The van der Waals surface area contributed by atoms with Gasteiger partial charge in [-0.3, -0.25) is 4.90 Å². The van der Waals surface area contributed by atoms with Crippen LogP contribution in [0, 0.1) is 13.8 Å². The lowest BCUT2D eigenvalue weighted by Crippen LogP contribution is -2.36. The Morgan fingerprint density at radius 1 is 1.26 bits per heavy atom. The van der Waals surface area contributed by atoms with Gasteiger partial charge in [0.1, 0.15) is 23.5 Å². The predicted octanol–water partition coefficient (Wildman–Crippen LogP) is 4.53. The Balaban J connectivity index is 2.31. The fourth-order valence-electron chi connectivity index (χ4n) is 2.55. The monoisotopic (exact) mass is 425 g/mol. The largest absolute Gasteiger partial charge is 0.443 e. The van der Waals surface area contributed by atoms with Crippen LogP contribution in [0.4, 0.5) is 4.79 Å². The third-order valence-electron chi connectivity index (χ3n) is 4.05. The second-order valence-electron chi connectivity index (χ2n) is 8.20. The maximum atomic E-state index is 12.9. The van der Waals surface area contributed by atoms with E-state index >= 15 is 0 Å². The van der Waals surface area contributed by atoms with Crippen molar-refractivity contribution in [3.8, 4) is 11.6 Å². The molecule has 0 bridgehead atoms. The molecule has 0 spiro atoms. The first-order chi connectivity index (χ1) is 14.4. The van der Waals surface area contributed by atoms with Gasteiger partial charge in [0.2, 0.25) is 5.88 Å².